The van der Waals surface area contributed by atoms with E-state index in [1.165, 1.54) is 15.8 Å². The summed E-state index contributed by atoms with van der Waals surface area (Å²) in [7, 11) is 1.57. The fourth-order valence-corrected chi connectivity index (χ4v) is 4.00. The highest BCUT2D eigenvalue weighted by Gasteiger charge is 2.21. The van der Waals surface area contributed by atoms with E-state index in [0.717, 1.165) is 11.1 Å². The average Bonchev–Trinajstić information content (AvgIpc) is 3.17. The van der Waals surface area contributed by atoms with Gasteiger partial charge in [-0.25, -0.2) is 4.68 Å². The third kappa shape index (κ3) is 5.43. The molecule has 4 rings (SSSR count). The van der Waals surface area contributed by atoms with E-state index in [-0.39, 0.29) is 24.7 Å². The Kier molecular flexibility index (Phi) is 7.61. The molecule has 5 nitrogen and oxygen atoms in total. The second kappa shape index (κ2) is 10.8. The molecule has 0 aliphatic carbocycles. The zero-order valence-corrected chi connectivity index (χ0v) is 21.0. The smallest absolute Gasteiger partial charge is 0.249 e. The van der Waals surface area contributed by atoms with Gasteiger partial charge in [0.1, 0.15) is 23.8 Å². The van der Waals surface area contributed by atoms with Crippen LogP contribution in [0.4, 0.5) is 4.39 Å². The summed E-state index contributed by atoms with van der Waals surface area (Å²) in [5.74, 6) is 0.732. The van der Waals surface area contributed by atoms with E-state index >= 15 is 4.39 Å². The number of aryl methyl sites for hydroxylation is 2. The molecule has 0 saturated carbocycles. The highest BCUT2D eigenvalue weighted by Crippen LogP contribution is 2.33. The van der Waals surface area contributed by atoms with E-state index in [1.807, 2.05) is 18.2 Å². The lowest BCUT2D eigenvalue weighted by Crippen LogP contribution is -2.12. The molecule has 35 heavy (non-hydrogen) atoms. The number of methoxy groups -OCH3 is 1. The molecule has 3 aromatic carbocycles. The van der Waals surface area contributed by atoms with Crippen molar-refractivity contribution < 1.29 is 18.6 Å². The van der Waals surface area contributed by atoms with Gasteiger partial charge in [-0.1, -0.05) is 48.0 Å². The van der Waals surface area contributed by atoms with Crippen molar-refractivity contribution in [3.8, 4) is 39.8 Å². The van der Waals surface area contributed by atoms with Crippen LogP contribution in [-0.4, -0.2) is 30.1 Å². The predicted octanol–water partition coefficient (Wildman–Crippen LogP) is 7.11. The minimum Gasteiger partial charge on any atom is -0.497 e. The number of hydrogen-bond acceptors (Lipinski definition) is 4. The molecular formula is C28H28ClFN2O3. The monoisotopic (exact) mass is 494 g/mol. The van der Waals surface area contributed by atoms with E-state index in [4.69, 9.17) is 25.8 Å². The second-order valence-corrected chi connectivity index (χ2v) is 8.56. The zero-order chi connectivity index (χ0) is 24.9. The summed E-state index contributed by atoms with van der Waals surface area (Å²) in [6.45, 7) is 6.81. The van der Waals surface area contributed by atoms with Crippen LogP contribution >= 0.6 is 11.6 Å². The van der Waals surface area contributed by atoms with Gasteiger partial charge in [0.2, 0.25) is 11.7 Å². The molecule has 0 aliphatic rings. The van der Waals surface area contributed by atoms with Crippen molar-refractivity contribution in [2.24, 2.45) is 0 Å². The van der Waals surface area contributed by atoms with Crippen LogP contribution in [0.3, 0.4) is 0 Å². The number of halogens is 2. The van der Waals surface area contributed by atoms with E-state index in [1.54, 1.807) is 38.3 Å². The first-order valence-corrected chi connectivity index (χ1v) is 11.8. The van der Waals surface area contributed by atoms with Gasteiger partial charge in [0.25, 0.3) is 0 Å². The Morgan fingerprint density at radius 1 is 0.914 bits per heavy atom. The summed E-state index contributed by atoms with van der Waals surface area (Å²) < 4.78 is 33.3. The lowest BCUT2D eigenvalue weighted by molar-refractivity contribution is 0.253. The van der Waals surface area contributed by atoms with Crippen LogP contribution in [0.25, 0.3) is 22.4 Å². The summed E-state index contributed by atoms with van der Waals surface area (Å²) >= 11 is 6.51. The summed E-state index contributed by atoms with van der Waals surface area (Å²) in [4.78, 5) is 0. The Hall–Kier alpha value is -3.51. The molecular weight excluding hydrogens is 467 g/mol. The first kappa shape index (κ1) is 24.6. The van der Waals surface area contributed by atoms with Crippen molar-refractivity contribution in [2.75, 3.05) is 20.3 Å². The van der Waals surface area contributed by atoms with E-state index in [9.17, 15) is 0 Å². The first-order valence-electron chi connectivity index (χ1n) is 11.4. The summed E-state index contributed by atoms with van der Waals surface area (Å²) in [5, 5.41) is 4.95. The predicted molar refractivity (Wildman–Crippen MR) is 137 cm³/mol. The van der Waals surface area contributed by atoms with Gasteiger partial charge >= 0.3 is 0 Å². The third-order valence-corrected chi connectivity index (χ3v) is 6.10. The van der Waals surface area contributed by atoms with Crippen LogP contribution < -0.4 is 14.2 Å². The van der Waals surface area contributed by atoms with Gasteiger partial charge in [0.05, 0.1) is 25.3 Å². The molecule has 0 N–H and O–H groups in total. The molecule has 0 aliphatic heterocycles. The molecule has 0 spiro atoms. The Bertz CT molecular complexity index is 1340. The molecule has 4 aromatic rings. The first-order chi connectivity index (χ1) is 16.9. The molecule has 0 radical (unpaired) electrons. The van der Waals surface area contributed by atoms with Crippen molar-refractivity contribution in [3.63, 3.8) is 0 Å². The lowest BCUT2D eigenvalue weighted by Gasteiger charge is -2.12. The maximum absolute atomic E-state index is 15.2. The Balaban J connectivity index is 1.50. The normalized spacial score (nSPS) is 10.9. The van der Waals surface area contributed by atoms with Gasteiger partial charge in [-0.05, 0) is 67.3 Å². The van der Waals surface area contributed by atoms with Crippen LogP contribution in [0.5, 0.6) is 17.4 Å². The van der Waals surface area contributed by atoms with Crippen LogP contribution in [-0.2, 0) is 6.54 Å². The number of hydrogen-bond donors (Lipinski definition) is 0. The minimum atomic E-state index is -0.518. The van der Waals surface area contributed by atoms with Crippen LogP contribution in [0.15, 0.2) is 60.7 Å². The van der Waals surface area contributed by atoms with Gasteiger partial charge in [-0.2, -0.15) is 9.49 Å². The Labute approximate surface area is 210 Å². The quantitative estimate of drug-likeness (QED) is 0.248. The van der Waals surface area contributed by atoms with E-state index < -0.39 is 5.82 Å². The standard InChI is InChI=1S/C28H28ClFN2O3/c1-5-34-28-26(30)27(22-7-6-8-23(16-22)33-4)31-32(28)13-14-35-25-12-11-21(17-24(25)29)20-10-9-18(2)19(3)15-20/h6-12,15-17H,5,13-14H2,1-4H3. The SMILES string of the molecule is CCOc1c(F)c(-c2cccc(OC)c2)nn1CCOc1ccc(-c2ccc(C)c(C)c2)cc1Cl. The number of rotatable bonds is 9. The molecule has 182 valence electrons. The molecule has 0 fully saturated rings. The average molecular weight is 495 g/mol. The lowest BCUT2D eigenvalue weighted by atomic mass is 10.0. The Morgan fingerprint density at radius 3 is 2.40 bits per heavy atom. The fourth-order valence-electron chi connectivity index (χ4n) is 3.77. The summed E-state index contributed by atoms with van der Waals surface area (Å²) in [5.41, 5.74) is 5.39. The molecule has 7 heteroatoms. The zero-order valence-electron chi connectivity index (χ0n) is 20.3. The van der Waals surface area contributed by atoms with Crippen molar-refractivity contribution in [1.82, 2.24) is 9.78 Å². The topological polar surface area (TPSA) is 45.5 Å². The minimum absolute atomic E-state index is 0.0742. The van der Waals surface area contributed by atoms with Crippen molar-refractivity contribution in [1.29, 1.82) is 0 Å². The summed E-state index contributed by atoms with van der Waals surface area (Å²) in [6.07, 6.45) is 0. The molecule has 0 amide bonds. The molecule has 1 aromatic heterocycles. The second-order valence-electron chi connectivity index (χ2n) is 8.15. The maximum atomic E-state index is 15.2. The van der Waals surface area contributed by atoms with Gasteiger partial charge in [0, 0.05) is 5.56 Å². The molecule has 0 saturated heterocycles. The van der Waals surface area contributed by atoms with Crippen LogP contribution in [0.1, 0.15) is 18.1 Å². The fraction of sp³-hybridized carbons (Fsp3) is 0.250. The van der Waals surface area contributed by atoms with Crippen molar-refractivity contribution in [2.45, 2.75) is 27.3 Å². The molecule has 0 bridgehead atoms. The van der Waals surface area contributed by atoms with Gasteiger partial charge < -0.3 is 14.2 Å². The van der Waals surface area contributed by atoms with E-state index in [0.29, 0.717) is 28.7 Å². The van der Waals surface area contributed by atoms with Gasteiger partial charge in [0.15, 0.2) is 0 Å². The largest absolute Gasteiger partial charge is 0.497 e. The van der Waals surface area contributed by atoms with Gasteiger partial charge in [-0.3, -0.25) is 0 Å². The van der Waals surface area contributed by atoms with Crippen LogP contribution in [0, 0.1) is 19.7 Å². The molecule has 0 atom stereocenters. The van der Waals surface area contributed by atoms with E-state index in [2.05, 4.69) is 37.1 Å². The highest BCUT2D eigenvalue weighted by atomic mass is 35.5. The van der Waals surface area contributed by atoms with Crippen molar-refractivity contribution in [3.05, 3.63) is 82.6 Å². The number of benzene rings is 3. The molecule has 0 unspecified atom stereocenters. The van der Waals surface area contributed by atoms with Gasteiger partial charge in [-0.15, -0.1) is 0 Å². The van der Waals surface area contributed by atoms with Crippen molar-refractivity contribution >= 4 is 11.6 Å². The molecule has 1 heterocycles. The third-order valence-electron chi connectivity index (χ3n) is 5.81. The number of ether oxygens (including phenoxy) is 3. The highest BCUT2D eigenvalue weighted by molar-refractivity contribution is 6.32. The Morgan fingerprint density at radius 2 is 1.69 bits per heavy atom. The number of nitrogens with zero attached hydrogens (tertiary/aromatic N) is 2. The summed E-state index contributed by atoms with van der Waals surface area (Å²) in [6, 6.07) is 19.1. The number of aromatic nitrogens is 2. The maximum Gasteiger partial charge on any atom is 0.249 e. The van der Waals surface area contributed by atoms with Crippen LogP contribution in [0.2, 0.25) is 5.02 Å².